The van der Waals surface area contributed by atoms with Gasteiger partial charge in [0.25, 0.3) is 17.7 Å². The number of rotatable bonds is 8. The number of ether oxygens (including phenoxy) is 1. The average Bonchev–Trinajstić information content (AvgIpc) is 3.47. The first-order valence-electron chi connectivity index (χ1n) is 20.7. The largest absolute Gasteiger partial charge is 0.490 e. The lowest BCUT2D eigenvalue weighted by Gasteiger charge is -2.57. The molecule has 1 spiro atoms. The molecule has 312 valence electrons. The molecule has 1 aromatic heterocycles. The lowest BCUT2D eigenvalue weighted by atomic mass is 9.70. The third-order valence-electron chi connectivity index (χ3n) is 13.3. The minimum atomic E-state index is -1.10. The molecule has 5 amide bonds. The number of carbonyl (C=O) groups is 5. The molecule has 0 radical (unpaired) electrons. The van der Waals surface area contributed by atoms with Crippen molar-refractivity contribution in [3.8, 4) is 5.75 Å². The Kier molecular flexibility index (Phi) is 10.7. The molecule has 3 aromatic rings. The van der Waals surface area contributed by atoms with Crippen LogP contribution in [0.5, 0.6) is 5.75 Å². The molecule has 60 heavy (non-hydrogen) atoms. The number of anilines is 2. The maximum absolute atomic E-state index is 15.5. The zero-order chi connectivity index (χ0) is 41.7. The molecular formula is C43H45ClFN9O6. The summed E-state index contributed by atoms with van der Waals surface area (Å²) in [5, 5.41) is 14.4. The number of halogens is 2. The van der Waals surface area contributed by atoms with Gasteiger partial charge in [-0.15, -0.1) is 10.2 Å². The summed E-state index contributed by atoms with van der Waals surface area (Å²) in [7, 11) is 0. The number of amides is 5. The van der Waals surface area contributed by atoms with Crippen LogP contribution in [0.4, 0.5) is 21.6 Å². The van der Waals surface area contributed by atoms with Gasteiger partial charge >= 0.3 is 0 Å². The van der Waals surface area contributed by atoms with Crippen molar-refractivity contribution in [2.45, 2.75) is 88.4 Å². The number of imide groups is 2. The molecule has 6 aliphatic rings. The first-order chi connectivity index (χ1) is 29.0. The molecule has 5 fully saturated rings. The first-order valence-corrected chi connectivity index (χ1v) is 21.1. The minimum absolute atomic E-state index is 0.0150. The van der Waals surface area contributed by atoms with Crippen molar-refractivity contribution in [1.29, 1.82) is 0 Å². The van der Waals surface area contributed by atoms with Gasteiger partial charge in [-0.1, -0.05) is 17.7 Å². The zero-order valence-electron chi connectivity index (χ0n) is 33.0. The van der Waals surface area contributed by atoms with E-state index in [1.54, 1.807) is 24.3 Å². The highest BCUT2D eigenvalue weighted by Crippen LogP contribution is 2.44. The number of aromatic nitrogens is 2. The molecule has 4 saturated heterocycles. The van der Waals surface area contributed by atoms with Gasteiger partial charge in [-0.25, -0.2) is 9.24 Å². The van der Waals surface area contributed by atoms with E-state index in [0.29, 0.717) is 35.6 Å². The molecule has 1 saturated carbocycles. The lowest BCUT2D eigenvalue weighted by Crippen LogP contribution is -2.64. The monoisotopic (exact) mass is 837 g/mol. The van der Waals surface area contributed by atoms with Gasteiger partial charge in [-0.05, 0) is 99.6 Å². The number of benzene rings is 2. The number of nitrogens with one attached hydrogen (secondary N) is 2. The standard InChI is InChI=1S/C43H45ClFN9O6/c1-46-33-7-6-28(20-31(33)44)60-27-4-2-25(3-5-27)47-39(56)34-8-10-37(50-49-34)52-16-12-26(13-17-52)53-23-43(24-53)14-18-51(19-15-43)36-22-30-29(21-32(36)45)41(58)54(42(30)59)35-9-11-38(55)48-40(35)57/h6-8,10,20-22,25-27,35H,2-5,9,11-19,23-24H2,(H,47,56)(H,48,55,57). The van der Waals surface area contributed by atoms with E-state index in [2.05, 4.69) is 35.5 Å². The van der Waals surface area contributed by atoms with Gasteiger partial charge in [0.15, 0.2) is 11.5 Å². The number of hydrogen-bond donors (Lipinski definition) is 2. The van der Waals surface area contributed by atoms with E-state index >= 15 is 4.39 Å². The summed E-state index contributed by atoms with van der Waals surface area (Å²) < 4.78 is 21.6. The van der Waals surface area contributed by atoms with E-state index in [-0.39, 0.29) is 58.8 Å². The Balaban J connectivity index is 0.709. The Bertz CT molecular complexity index is 2270. The van der Waals surface area contributed by atoms with Crippen molar-refractivity contribution in [3.05, 3.63) is 81.5 Å². The number of likely N-dealkylation sites (tertiary alicyclic amines) is 1. The van der Waals surface area contributed by atoms with Gasteiger partial charge in [-0.2, -0.15) is 0 Å². The van der Waals surface area contributed by atoms with Crippen LogP contribution in [0.2, 0.25) is 5.02 Å². The molecule has 0 bridgehead atoms. The zero-order valence-corrected chi connectivity index (χ0v) is 33.8. The molecule has 2 aromatic carbocycles. The van der Waals surface area contributed by atoms with E-state index in [4.69, 9.17) is 22.9 Å². The van der Waals surface area contributed by atoms with Crippen LogP contribution in [-0.2, 0) is 9.59 Å². The van der Waals surface area contributed by atoms with Crippen molar-refractivity contribution < 1.29 is 33.1 Å². The maximum atomic E-state index is 15.5. The molecule has 15 nitrogen and oxygen atoms in total. The fraction of sp³-hybridized carbons (Fsp3) is 0.488. The summed E-state index contributed by atoms with van der Waals surface area (Å²) in [6.07, 6.45) is 6.95. The Morgan fingerprint density at radius 1 is 0.883 bits per heavy atom. The predicted molar refractivity (Wildman–Crippen MR) is 218 cm³/mol. The van der Waals surface area contributed by atoms with Gasteiger partial charge in [-0.3, -0.25) is 39.1 Å². The van der Waals surface area contributed by atoms with Crippen LogP contribution in [0.1, 0.15) is 95.4 Å². The van der Waals surface area contributed by atoms with Crippen LogP contribution in [0.25, 0.3) is 4.85 Å². The predicted octanol–water partition coefficient (Wildman–Crippen LogP) is 4.91. The highest BCUT2D eigenvalue weighted by molar-refractivity contribution is 6.33. The third-order valence-corrected chi connectivity index (χ3v) is 13.6. The van der Waals surface area contributed by atoms with E-state index in [9.17, 15) is 24.0 Å². The van der Waals surface area contributed by atoms with Crippen molar-refractivity contribution in [3.63, 3.8) is 0 Å². The van der Waals surface area contributed by atoms with Crippen LogP contribution in [-0.4, -0.2) is 113 Å². The number of fused-ring (bicyclic) bond motifs is 1. The van der Waals surface area contributed by atoms with Gasteiger partial charge in [0.2, 0.25) is 17.5 Å². The fourth-order valence-corrected chi connectivity index (χ4v) is 10.0. The average molecular weight is 838 g/mol. The highest BCUT2D eigenvalue weighted by Gasteiger charge is 2.49. The van der Waals surface area contributed by atoms with E-state index in [0.717, 1.165) is 94.3 Å². The molecular weight excluding hydrogens is 793 g/mol. The second-order valence-electron chi connectivity index (χ2n) is 17.0. The number of piperidine rings is 3. The van der Waals surface area contributed by atoms with Gasteiger partial charge in [0.1, 0.15) is 17.6 Å². The number of nitrogens with zero attached hydrogens (tertiary/aromatic N) is 7. The third kappa shape index (κ3) is 7.64. The maximum Gasteiger partial charge on any atom is 0.272 e. The molecule has 1 aliphatic carbocycles. The van der Waals surface area contributed by atoms with Crippen LogP contribution < -0.4 is 25.2 Å². The van der Waals surface area contributed by atoms with Crippen LogP contribution in [0.15, 0.2) is 42.5 Å². The Morgan fingerprint density at radius 3 is 2.25 bits per heavy atom. The van der Waals surface area contributed by atoms with Crippen molar-refractivity contribution in [1.82, 2.24) is 30.6 Å². The number of carbonyl (C=O) groups excluding carboxylic acids is 5. The Labute approximate surface area is 351 Å². The summed E-state index contributed by atoms with van der Waals surface area (Å²) in [5.41, 5.74) is 1.16. The topological polar surface area (TPSA) is 162 Å². The quantitative estimate of drug-likeness (QED) is 0.234. The lowest BCUT2D eigenvalue weighted by molar-refractivity contribution is -0.136. The Hall–Kier alpha value is -5.66. The molecule has 1 unspecified atom stereocenters. The normalized spacial score (nSPS) is 24.5. The summed E-state index contributed by atoms with van der Waals surface area (Å²) >= 11 is 6.15. The van der Waals surface area contributed by atoms with E-state index < -0.39 is 35.5 Å². The second-order valence-corrected chi connectivity index (χ2v) is 17.4. The highest BCUT2D eigenvalue weighted by atomic mass is 35.5. The molecule has 9 rings (SSSR count). The van der Waals surface area contributed by atoms with Crippen molar-refractivity contribution in [2.75, 3.05) is 49.1 Å². The molecule has 2 N–H and O–H groups in total. The molecule has 17 heteroatoms. The SMILES string of the molecule is [C-]#[N+]c1ccc(OC2CCC(NC(=O)c3ccc(N4CCC(N5CC6(CCN(c7cc8c(cc7F)C(=O)N(C7CCC(=O)NC7=O)C8=O)CC6)C5)CC4)nn3)CC2)cc1Cl. The summed E-state index contributed by atoms with van der Waals surface area (Å²) in [5.74, 6) is -1.92. The van der Waals surface area contributed by atoms with E-state index in [1.807, 2.05) is 11.0 Å². The van der Waals surface area contributed by atoms with Gasteiger partial charge < -0.3 is 19.9 Å². The molecule has 5 aliphatic heterocycles. The Morgan fingerprint density at radius 2 is 1.60 bits per heavy atom. The fourth-order valence-electron chi connectivity index (χ4n) is 9.84. The summed E-state index contributed by atoms with van der Waals surface area (Å²) in [6, 6.07) is 10.6. The van der Waals surface area contributed by atoms with Gasteiger partial charge in [0, 0.05) is 57.8 Å². The minimum Gasteiger partial charge on any atom is -0.490 e. The second kappa shape index (κ2) is 16.1. The number of hydrogen-bond acceptors (Lipinski definition) is 11. The molecule has 1 atom stereocenters. The van der Waals surface area contributed by atoms with Crippen molar-refractivity contribution in [2.24, 2.45) is 5.41 Å². The van der Waals surface area contributed by atoms with E-state index in [1.165, 1.54) is 6.07 Å². The van der Waals surface area contributed by atoms with Crippen LogP contribution >= 0.6 is 11.6 Å². The first kappa shape index (κ1) is 39.8. The van der Waals surface area contributed by atoms with Gasteiger partial charge in [0.05, 0.1) is 34.5 Å². The summed E-state index contributed by atoms with van der Waals surface area (Å²) in [6.45, 7) is 12.0. The van der Waals surface area contributed by atoms with Crippen molar-refractivity contribution >= 4 is 58.3 Å². The smallest absolute Gasteiger partial charge is 0.272 e. The summed E-state index contributed by atoms with van der Waals surface area (Å²) in [4.78, 5) is 74.6. The van der Waals surface area contributed by atoms with Crippen LogP contribution in [0, 0.1) is 17.8 Å². The molecule has 6 heterocycles. The van der Waals surface area contributed by atoms with Crippen LogP contribution in [0.3, 0.4) is 0 Å².